The van der Waals surface area contributed by atoms with Gasteiger partial charge in [0.2, 0.25) is 0 Å². The Morgan fingerprint density at radius 3 is 2.45 bits per heavy atom. The maximum absolute atomic E-state index is 12.1. The minimum atomic E-state index is -0.322. The van der Waals surface area contributed by atoms with Crippen LogP contribution in [0.3, 0.4) is 0 Å². The monoisotopic (exact) mass is 319 g/mol. The minimum absolute atomic E-state index is 0.101. The number of likely N-dealkylation sites (tertiary alicyclic amines) is 1. The van der Waals surface area contributed by atoms with Crippen molar-refractivity contribution in [3.8, 4) is 0 Å². The largest absolute Gasteiger partial charge is 0.469 e. The molecular weight excluding hydrogens is 298 g/mol. The summed E-state index contributed by atoms with van der Waals surface area (Å²) in [5.41, 5.74) is 0. The first-order valence-electron chi connectivity index (χ1n) is 6.83. The summed E-state index contributed by atoms with van der Waals surface area (Å²) in [5.74, 6) is 1.99. The highest BCUT2D eigenvalue weighted by Gasteiger charge is 2.41. The summed E-state index contributed by atoms with van der Waals surface area (Å²) in [4.78, 5) is 25.5. The van der Waals surface area contributed by atoms with Gasteiger partial charge in [-0.1, -0.05) is 0 Å². The first-order valence-corrected chi connectivity index (χ1v) is 8.93. The smallest absolute Gasteiger partial charge is 0.410 e. The van der Waals surface area contributed by atoms with E-state index in [-0.39, 0.29) is 30.6 Å². The van der Waals surface area contributed by atoms with E-state index in [0.717, 1.165) is 30.8 Å². The van der Waals surface area contributed by atoms with Gasteiger partial charge in [0.25, 0.3) is 0 Å². The molecule has 0 aromatic carbocycles. The Morgan fingerprint density at radius 2 is 1.85 bits per heavy atom. The quantitative estimate of drug-likeness (QED) is 0.744. The van der Waals surface area contributed by atoms with Gasteiger partial charge in [-0.05, 0) is 19.3 Å². The van der Waals surface area contributed by atoms with Crippen molar-refractivity contribution in [1.82, 2.24) is 4.90 Å². The van der Waals surface area contributed by atoms with Gasteiger partial charge >= 0.3 is 12.1 Å². The van der Waals surface area contributed by atoms with E-state index in [9.17, 15) is 9.59 Å². The van der Waals surface area contributed by atoms with Crippen LogP contribution in [0.4, 0.5) is 4.79 Å². The molecule has 7 heteroatoms. The Bertz CT molecular complexity index is 360. The molecule has 0 aliphatic carbocycles. The van der Waals surface area contributed by atoms with Crippen molar-refractivity contribution in [2.45, 2.75) is 42.3 Å². The lowest BCUT2D eigenvalue weighted by atomic mass is 9.94. The fourth-order valence-corrected chi connectivity index (χ4v) is 6.02. The van der Waals surface area contributed by atoms with Crippen molar-refractivity contribution >= 4 is 35.6 Å². The number of esters is 1. The average molecular weight is 319 g/mol. The standard InChI is InChI=1S/C13H21NO4S2/c1-17-11(15)8-9-4-3-5-10(12-19-6-7-20-12)14(9)13(16)18-2/h9-10,12H,3-8H2,1-2H3/t9-,10+/m1/s1. The number of rotatable bonds is 3. The van der Waals surface area contributed by atoms with Crippen LogP contribution in [0, 0.1) is 0 Å². The summed E-state index contributed by atoms with van der Waals surface area (Å²) < 4.78 is 10.1. The highest BCUT2D eigenvalue weighted by molar-refractivity contribution is 8.20. The van der Waals surface area contributed by atoms with Crippen LogP contribution >= 0.6 is 23.5 Å². The zero-order valence-electron chi connectivity index (χ0n) is 11.9. The van der Waals surface area contributed by atoms with Crippen LogP contribution in [0.1, 0.15) is 25.7 Å². The lowest BCUT2D eigenvalue weighted by Gasteiger charge is -2.42. The molecule has 0 bridgehead atoms. The van der Waals surface area contributed by atoms with Crippen molar-refractivity contribution in [1.29, 1.82) is 0 Å². The number of thioether (sulfide) groups is 2. The van der Waals surface area contributed by atoms with Crippen LogP contribution in [-0.2, 0) is 14.3 Å². The lowest BCUT2D eigenvalue weighted by Crippen LogP contribution is -2.53. The molecular formula is C13H21NO4S2. The number of carbonyl (C=O) groups is 2. The Hall–Kier alpha value is -0.560. The Labute approximate surface area is 128 Å². The van der Waals surface area contributed by atoms with Crippen LogP contribution < -0.4 is 0 Å². The van der Waals surface area contributed by atoms with Gasteiger partial charge in [0.05, 0.1) is 31.3 Å². The predicted octanol–water partition coefficient (Wildman–Crippen LogP) is 2.35. The normalized spacial score (nSPS) is 27.4. The highest BCUT2D eigenvalue weighted by atomic mass is 32.2. The van der Waals surface area contributed by atoms with Gasteiger partial charge in [-0.25, -0.2) is 4.79 Å². The fraction of sp³-hybridized carbons (Fsp3) is 0.846. The van der Waals surface area contributed by atoms with Gasteiger partial charge in [0.1, 0.15) is 0 Å². The molecule has 0 saturated carbocycles. The number of methoxy groups -OCH3 is 2. The Morgan fingerprint density at radius 1 is 1.15 bits per heavy atom. The van der Waals surface area contributed by atoms with Crippen molar-refractivity contribution in [3.05, 3.63) is 0 Å². The SMILES string of the molecule is COC(=O)C[C@H]1CCC[C@@H](C2SCCS2)N1C(=O)OC. The molecule has 0 aromatic rings. The second-order valence-corrected chi connectivity index (χ2v) is 7.72. The number of piperidine rings is 1. The number of carbonyl (C=O) groups excluding carboxylic acids is 2. The molecule has 1 amide bonds. The van der Waals surface area contributed by atoms with Crippen molar-refractivity contribution < 1.29 is 19.1 Å². The molecule has 2 heterocycles. The van der Waals surface area contributed by atoms with E-state index >= 15 is 0 Å². The molecule has 114 valence electrons. The number of ether oxygens (including phenoxy) is 2. The summed E-state index contributed by atoms with van der Waals surface area (Å²) >= 11 is 3.81. The van der Waals surface area contributed by atoms with Gasteiger partial charge in [0, 0.05) is 17.5 Å². The molecule has 0 unspecified atom stereocenters. The molecule has 2 aliphatic heterocycles. The zero-order chi connectivity index (χ0) is 14.5. The zero-order valence-corrected chi connectivity index (χ0v) is 13.5. The number of nitrogens with zero attached hydrogens (tertiary/aromatic N) is 1. The van der Waals surface area contributed by atoms with Crippen LogP contribution in [0.2, 0.25) is 0 Å². The molecule has 0 radical (unpaired) electrons. The molecule has 2 atom stereocenters. The van der Waals surface area contributed by atoms with Gasteiger partial charge in [-0.15, -0.1) is 23.5 Å². The van der Waals surface area contributed by atoms with Crippen LogP contribution in [-0.4, -0.2) is 59.4 Å². The molecule has 2 saturated heterocycles. The molecule has 2 aliphatic rings. The van der Waals surface area contributed by atoms with E-state index < -0.39 is 0 Å². The lowest BCUT2D eigenvalue weighted by molar-refractivity contribution is -0.142. The van der Waals surface area contributed by atoms with Gasteiger partial charge in [-0.2, -0.15) is 0 Å². The van der Waals surface area contributed by atoms with Crippen molar-refractivity contribution in [2.24, 2.45) is 0 Å². The number of amides is 1. The molecule has 2 rings (SSSR count). The third kappa shape index (κ3) is 3.55. The minimum Gasteiger partial charge on any atom is -0.469 e. The van der Waals surface area contributed by atoms with E-state index in [1.54, 1.807) is 4.90 Å². The molecule has 2 fully saturated rings. The van der Waals surface area contributed by atoms with Crippen LogP contribution in [0.15, 0.2) is 0 Å². The average Bonchev–Trinajstić information content (AvgIpc) is 3.00. The van der Waals surface area contributed by atoms with Crippen LogP contribution in [0.5, 0.6) is 0 Å². The summed E-state index contributed by atoms with van der Waals surface area (Å²) in [6.07, 6.45) is 2.79. The second kappa shape index (κ2) is 7.45. The maximum atomic E-state index is 12.1. The number of hydrogen-bond donors (Lipinski definition) is 0. The highest BCUT2D eigenvalue weighted by Crippen LogP contribution is 2.41. The molecule has 5 nitrogen and oxygen atoms in total. The van der Waals surface area contributed by atoms with Crippen molar-refractivity contribution in [3.63, 3.8) is 0 Å². The Balaban J connectivity index is 2.13. The first kappa shape index (κ1) is 15.8. The fourth-order valence-electron chi connectivity index (χ4n) is 2.84. The van der Waals surface area contributed by atoms with Gasteiger partial charge in [0.15, 0.2) is 0 Å². The van der Waals surface area contributed by atoms with Gasteiger partial charge < -0.3 is 9.47 Å². The maximum Gasteiger partial charge on any atom is 0.410 e. The topological polar surface area (TPSA) is 55.8 Å². The van der Waals surface area contributed by atoms with Crippen molar-refractivity contribution in [2.75, 3.05) is 25.7 Å². The summed E-state index contributed by atoms with van der Waals surface area (Å²) in [7, 11) is 2.78. The molecule has 0 aromatic heterocycles. The van der Waals surface area contributed by atoms with E-state index in [1.807, 2.05) is 23.5 Å². The predicted molar refractivity (Wildman–Crippen MR) is 81.0 cm³/mol. The molecule has 0 spiro atoms. The molecule has 20 heavy (non-hydrogen) atoms. The van der Waals surface area contributed by atoms with Crippen LogP contribution in [0.25, 0.3) is 0 Å². The first-order chi connectivity index (χ1) is 9.67. The summed E-state index contributed by atoms with van der Waals surface area (Å²) in [6.45, 7) is 0. The Kier molecular flexibility index (Phi) is 5.89. The van der Waals surface area contributed by atoms with E-state index in [0.29, 0.717) is 4.58 Å². The second-order valence-electron chi connectivity index (χ2n) is 4.92. The van der Waals surface area contributed by atoms with E-state index in [4.69, 9.17) is 9.47 Å². The number of hydrogen-bond acceptors (Lipinski definition) is 6. The van der Waals surface area contributed by atoms with Gasteiger partial charge in [-0.3, -0.25) is 9.69 Å². The van der Waals surface area contributed by atoms with E-state index in [1.165, 1.54) is 14.2 Å². The summed E-state index contributed by atoms with van der Waals surface area (Å²) in [5, 5.41) is 0. The third-order valence-electron chi connectivity index (χ3n) is 3.77. The molecule has 0 N–H and O–H groups in total. The summed E-state index contributed by atoms with van der Waals surface area (Å²) in [6, 6.07) is 0.0545. The third-order valence-corrected chi connectivity index (χ3v) is 7.01. The van der Waals surface area contributed by atoms with E-state index in [2.05, 4.69) is 0 Å².